The van der Waals surface area contributed by atoms with Crippen molar-refractivity contribution in [2.75, 3.05) is 19.7 Å². The Bertz CT molecular complexity index is 949. The van der Waals surface area contributed by atoms with Crippen LogP contribution in [0, 0.1) is 58.7 Å². The van der Waals surface area contributed by atoms with E-state index in [2.05, 4.69) is 25.7 Å². The van der Waals surface area contributed by atoms with Gasteiger partial charge in [0.15, 0.2) is 6.29 Å². The summed E-state index contributed by atoms with van der Waals surface area (Å²) in [5.41, 5.74) is 0.0763. The normalized spacial score (nSPS) is 59.0. The van der Waals surface area contributed by atoms with Crippen molar-refractivity contribution in [3.05, 3.63) is 0 Å². The lowest BCUT2D eigenvalue weighted by atomic mass is 9.51. The lowest BCUT2D eigenvalue weighted by molar-refractivity contribution is -0.317. The van der Waals surface area contributed by atoms with E-state index in [1.54, 1.807) is 0 Å². The van der Waals surface area contributed by atoms with Gasteiger partial charge >= 0.3 is 0 Å². The van der Waals surface area contributed by atoms with Crippen LogP contribution in [0.2, 0.25) is 0 Å². The number of rotatable bonds is 3. The lowest BCUT2D eigenvalue weighted by Crippen LogP contribution is -2.60. The summed E-state index contributed by atoms with van der Waals surface area (Å²) < 4.78 is 11.9. The molecule has 0 bridgehead atoms. The zero-order valence-corrected chi connectivity index (χ0v) is 25.3. The zero-order valence-electron chi connectivity index (χ0n) is 25.3. The zero-order chi connectivity index (χ0) is 28.8. The first kappa shape index (κ1) is 29.4. The first-order valence-electron chi connectivity index (χ1n) is 17.0. The minimum absolute atomic E-state index is 0.0763. The Balaban J connectivity index is 1.06. The van der Waals surface area contributed by atoms with Crippen molar-refractivity contribution in [1.29, 1.82) is 0 Å². The number of hydrogen-bond acceptors (Lipinski definition) is 8. The summed E-state index contributed by atoms with van der Waals surface area (Å²) in [6.45, 7) is 9.55. The van der Waals surface area contributed by atoms with Gasteiger partial charge in [-0.1, -0.05) is 20.8 Å². The number of nitrogens with zero attached hydrogens (tertiary/aromatic N) is 1. The number of fused-ring (bicyclic) bond motifs is 8. The molecule has 0 aromatic carbocycles. The van der Waals surface area contributed by atoms with Crippen LogP contribution in [0.25, 0.3) is 0 Å². The first-order valence-corrected chi connectivity index (χ1v) is 17.0. The Kier molecular flexibility index (Phi) is 7.84. The fourth-order valence-corrected chi connectivity index (χ4v) is 12.1. The Morgan fingerprint density at radius 1 is 0.780 bits per heavy atom. The maximum atomic E-state index is 11.6. The van der Waals surface area contributed by atoms with Gasteiger partial charge in [-0.25, -0.2) is 0 Å². The Labute approximate surface area is 245 Å². The summed E-state index contributed by atoms with van der Waals surface area (Å²) in [6, 6.07) is 0.787. The molecule has 7 aliphatic rings. The maximum absolute atomic E-state index is 11.6. The van der Waals surface area contributed by atoms with E-state index in [1.165, 1.54) is 45.2 Å². The molecule has 0 radical (unpaired) electrons. The molecule has 18 atom stereocenters. The highest BCUT2D eigenvalue weighted by Gasteiger charge is 2.63. The predicted molar refractivity (Wildman–Crippen MR) is 152 cm³/mol. The fourth-order valence-electron chi connectivity index (χ4n) is 12.1. The van der Waals surface area contributed by atoms with E-state index >= 15 is 0 Å². The number of ether oxygens (including phenoxy) is 2. The Morgan fingerprint density at radius 3 is 2.34 bits per heavy atom. The van der Waals surface area contributed by atoms with Gasteiger partial charge in [0, 0.05) is 19.1 Å². The van der Waals surface area contributed by atoms with Crippen molar-refractivity contribution in [3.63, 3.8) is 0 Å². The van der Waals surface area contributed by atoms with E-state index in [9.17, 15) is 25.5 Å². The largest absolute Gasteiger partial charge is 0.394 e. The topological polar surface area (TPSA) is 123 Å². The van der Waals surface area contributed by atoms with E-state index in [0.29, 0.717) is 18.3 Å². The van der Waals surface area contributed by atoms with Gasteiger partial charge in [-0.15, -0.1) is 0 Å². The predicted octanol–water partition coefficient (Wildman–Crippen LogP) is 2.39. The van der Waals surface area contributed by atoms with E-state index in [0.717, 1.165) is 60.8 Å². The number of aliphatic hydroxyl groups is 5. The van der Waals surface area contributed by atoms with Crippen LogP contribution in [-0.4, -0.2) is 99.1 Å². The Hall–Kier alpha value is -0.320. The molecule has 0 spiro atoms. The molecular weight excluding hydrogens is 522 g/mol. The van der Waals surface area contributed by atoms with Crippen molar-refractivity contribution in [2.24, 2.45) is 58.7 Å². The highest BCUT2D eigenvalue weighted by molar-refractivity contribution is 5.12. The van der Waals surface area contributed by atoms with E-state index in [-0.39, 0.29) is 23.5 Å². The quantitative estimate of drug-likeness (QED) is 0.324. The molecule has 0 amide bonds. The monoisotopic (exact) mass is 577 g/mol. The number of piperidine rings is 2. The molecule has 4 aliphatic carbocycles. The summed E-state index contributed by atoms with van der Waals surface area (Å²) in [7, 11) is 0. The van der Waals surface area contributed by atoms with Crippen LogP contribution in [0.5, 0.6) is 0 Å². The number of aliphatic hydroxyl groups excluding tert-OH is 5. The molecule has 3 heterocycles. The van der Waals surface area contributed by atoms with Gasteiger partial charge in [0.1, 0.15) is 24.4 Å². The minimum atomic E-state index is -1.43. The van der Waals surface area contributed by atoms with E-state index in [1.807, 2.05) is 0 Å². The standard InChI is InChI=1S/C33H55NO7/c1-16-4-7-26-17(2)19-5-6-20-21(23(19)14-34(26)13-16)11-24-22(20)12-27(36)25-10-18(8-9-33(24,25)3)40-32-31(39)30(38)29(37)28(15-35)41-32/h16-32,35-39H,4-15H2,1-3H3/t16-,17+,18-,19+,20+,21+,22-,23+,24-,25+,26-,27+,28+,29+,30-,31+,32+,33+/m0/s1. The van der Waals surface area contributed by atoms with Gasteiger partial charge in [-0.2, -0.15) is 0 Å². The van der Waals surface area contributed by atoms with Crippen molar-refractivity contribution in [1.82, 2.24) is 4.90 Å². The molecule has 0 aromatic rings. The molecular formula is C33H55NO7. The van der Waals surface area contributed by atoms with Crippen molar-refractivity contribution >= 4 is 0 Å². The fraction of sp³-hybridized carbons (Fsp3) is 1.00. The third kappa shape index (κ3) is 4.68. The number of hydrogen-bond donors (Lipinski definition) is 5. The SMILES string of the molecule is C[C@H]1CC[C@H]2[C@H](C)[C@H]3CC[C@@H]4[C@@H](C[C@H]5[C@H]4C[C@@H](O)[C@H]4C[C@@H](O[C@@H]6O[C@H](CO)[C@@H](O)[C@H](O)[C@H]6O)CC[C@@]45C)[C@@H]3CN2C1. The smallest absolute Gasteiger partial charge is 0.186 e. The molecule has 8 nitrogen and oxygen atoms in total. The highest BCUT2D eigenvalue weighted by Crippen LogP contribution is 2.67. The van der Waals surface area contributed by atoms with Gasteiger partial charge in [0.25, 0.3) is 0 Å². The van der Waals surface area contributed by atoms with E-state index < -0.39 is 37.3 Å². The van der Waals surface area contributed by atoms with Crippen LogP contribution in [0.15, 0.2) is 0 Å². The second kappa shape index (κ2) is 10.9. The molecule has 4 saturated carbocycles. The first-order chi connectivity index (χ1) is 19.6. The molecule has 7 rings (SSSR count). The summed E-state index contributed by atoms with van der Waals surface area (Å²) in [5, 5.41) is 52.1. The third-order valence-electron chi connectivity index (χ3n) is 14.1. The molecule has 3 aliphatic heterocycles. The van der Waals surface area contributed by atoms with Gasteiger partial charge in [-0.3, -0.25) is 4.90 Å². The van der Waals surface area contributed by atoms with Crippen LogP contribution in [0.4, 0.5) is 0 Å². The van der Waals surface area contributed by atoms with Crippen molar-refractivity contribution in [2.45, 2.75) is 128 Å². The molecule has 8 heteroatoms. The van der Waals surface area contributed by atoms with Gasteiger partial charge in [0.2, 0.25) is 0 Å². The Morgan fingerprint density at radius 2 is 1.56 bits per heavy atom. The highest BCUT2D eigenvalue weighted by atomic mass is 16.7. The van der Waals surface area contributed by atoms with Crippen molar-refractivity contribution in [3.8, 4) is 0 Å². The molecule has 234 valence electrons. The molecule has 0 aromatic heterocycles. The molecule has 41 heavy (non-hydrogen) atoms. The summed E-state index contributed by atoms with van der Waals surface area (Å²) in [5.74, 6) is 6.23. The second-order valence-electron chi connectivity index (χ2n) is 15.9. The molecule has 0 unspecified atom stereocenters. The average Bonchev–Trinajstić information content (AvgIpc) is 3.34. The van der Waals surface area contributed by atoms with Gasteiger partial charge in [-0.05, 0) is 116 Å². The van der Waals surface area contributed by atoms with Crippen molar-refractivity contribution < 1.29 is 35.0 Å². The average molecular weight is 578 g/mol. The van der Waals surface area contributed by atoms with Crippen LogP contribution < -0.4 is 0 Å². The van der Waals surface area contributed by atoms with Gasteiger partial charge in [0.05, 0.1) is 18.8 Å². The maximum Gasteiger partial charge on any atom is 0.186 e. The van der Waals surface area contributed by atoms with Crippen LogP contribution >= 0.6 is 0 Å². The van der Waals surface area contributed by atoms with Crippen LogP contribution in [0.1, 0.15) is 78.6 Å². The van der Waals surface area contributed by atoms with E-state index in [4.69, 9.17) is 9.47 Å². The third-order valence-corrected chi connectivity index (χ3v) is 14.1. The summed E-state index contributed by atoms with van der Waals surface area (Å²) in [4.78, 5) is 2.88. The van der Waals surface area contributed by atoms with Crippen LogP contribution in [-0.2, 0) is 9.47 Å². The molecule has 5 N–H and O–H groups in total. The van der Waals surface area contributed by atoms with Gasteiger partial charge < -0.3 is 35.0 Å². The second-order valence-corrected chi connectivity index (χ2v) is 15.9. The summed E-state index contributed by atoms with van der Waals surface area (Å²) >= 11 is 0. The molecule has 3 saturated heterocycles. The molecule has 7 fully saturated rings. The lowest BCUT2D eigenvalue weighted by Gasteiger charge is -2.57. The summed E-state index contributed by atoms with van der Waals surface area (Å²) in [6.07, 6.45) is 3.39. The van der Waals surface area contributed by atoms with Crippen LogP contribution in [0.3, 0.4) is 0 Å². The minimum Gasteiger partial charge on any atom is -0.394 e.